The molecule has 1 amide bonds. The molecule has 1 saturated heterocycles. The lowest BCUT2D eigenvalue weighted by molar-refractivity contribution is 0.0172. The molecule has 0 aromatic heterocycles. The van der Waals surface area contributed by atoms with Gasteiger partial charge in [-0.15, -0.1) is 0 Å². The standard InChI is InChI=1S/C17H24BrFN2O2/c1-17(2,3)23-16(22)21-8-4-5-12(11-21)10-20-15-9-13(18)6-7-14(15)19/h6-7,9,12,20H,4-5,8,10-11H2,1-3H3. The van der Waals surface area contributed by atoms with Gasteiger partial charge in [-0.05, 0) is 57.7 Å². The van der Waals surface area contributed by atoms with E-state index in [0.29, 0.717) is 18.8 Å². The molecule has 1 N–H and O–H groups in total. The van der Waals surface area contributed by atoms with Gasteiger partial charge in [0.1, 0.15) is 11.4 Å². The Balaban J connectivity index is 1.89. The van der Waals surface area contributed by atoms with Crippen LogP contribution in [0.25, 0.3) is 0 Å². The number of hydrogen-bond donors (Lipinski definition) is 1. The van der Waals surface area contributed by atoms with Gasteiger partial charge in [0.25, 0.3) is 0 Å². The van der Waals surface area contributed by atoms with Crippen LogP contribution in [-0.2, 0) is 4.74 Å². The van der Waals surface area contributed by atoms with E-state index in [1.165, 1.54) is 6.07 Å². The summed E-state index contributed by atoms with van der Waals surface area (Å²) in [6.07, 6.45) is 1.69. The molecule has 1 atom stereocenters. The van der Waals surface area contributed by atoms with Crippen LogP contribution >= 0.6 is 15.9 Å². The summed E-state index contributed by atoms with van der Waals surface area (Å²) in [5, 5.41) is 3.15. The highest BCUT2D eigenvalue weighted by atomic mass is 79.9. The molecule has 1 aliphatic heterocycles. The Morgan fingerprint density at radius 3 is 2.91 bits per heavy atom. The predicted octanol–water partition coefficient (Wildman–Crippen LogP) is 4.65. The fraction of sp³-hybridized carbons (Fsp3) is 0.588. The van der Waals surface area contributed by atoms with Gasteiger partial charge in [-0.1, -0.05) is 15.9 Å². The van der Waals surface area contributed by atoms with Crippen LogP contribution < -0.4 is 5.32 Å². The predicted molar refractivity (Wildman–Crippen MR) is 93.1 cm³/mol. The van der Waals surface area contributed by atoms with Crippen molar-refractivity contribution < 1.29 is 13.9 Å². The Kier molecular flexibility index (Phi) is 5.89. The molecule has 1 aromatic rings. The Bertz CT molecular complexity index is 560. The summed E-state index contributed by atoms with van der Waals surface area (Å²) in [5.74, 6) is 0.0163. The first kappa shape index (κ1) is 18.0. The number of nitrogens with zero attached hydrogens (tertiary/aromatic N) is 1. The molecule has 1 fully saturated rings. The van der Waals surface area contributed by atoms with E-state index >= 15 is 0 Å². The van der Waals surface area contributed by atoms with Crippen LogP contribution in [0.2, 0.25) is 0 Å². The van der Waals surface area contributed by atoms with Crippen LogP contribution in [0.4, 0.5) is 14.9 Å². The second-order valence-electron chi connectivity index (χ2n) is 6.94. The van der Waals surface area contributed by atoms with Gasteiger partial charge in [-0.2, -0.15) is 0 Å². The van der Waals surface area contributed by atoms with Gasteiger partial charge in [0.2, 0.25) is 0 Å². The third-order valence-electron chi connectivity index (χ3n) is 3.68. The number of carbonyl (C=O) groups excluding carboxylic acids is 1. The molecule has 0 aliphatic carbocycles. The summed E-state index contributed by atoms with van der Waals surface area (Å²) in [6.45, 7) is 7.58. The largest absolute Gasteiger partial charge is 0.444 e. The van der Waals surface area contributed by atoms with E-state index < -0.39 is 5.60 Å². The number of hydrogen-bond acceptors (Lipinski definition) is 3. The SMILES string of the molecule is CC(C)(C)OC(=O)N1CCCC(CNc2cc(Br)ccc2F)C1. The number of anilines is 1. The topological polar surface area (TPSA) is 41.6 Å². The van der Waals surface area contributed by atoms with Crippen LogP contribution in [0.5, 0.6) is 0 Å². The fourth-order valence-corrected chi connectivity index (χ4v) is 2.97. The lowest BCUT2D eigenvalue weighted by atomic mass is 9.98. The molecule has 128 valence electrons. The summed E-state index contributed by atoms with van der Waals surface area (Å²) >= 11 is 3.34. The normalized spacial score (nSPS) is 18.7. The molecule has 1 aliphatic rings. The van der Waals surface area contributed by atoms with Crippen molar-refractivity contribution in [2.24, 2.45) is 5.92 Å². The zero-order valence-electron chi connectivity index (χ0n) is 13.9. The highest BCUT2D eigenvalue weighted by Gasteiger charge is 2.27. The number of likely N-dealkylation sites (tertiary alicyclic amines) is 1. The first-order valence-corrected chi connectivity index (χ1v) is 8.71. The van der Waals surface area contributed by atoms with Crippen molar-refractivity contribution >= 4 is 27.7 Å². The van der Waals surface area contributed by atoms with E-state index in [1.807, 2.05) is 20.8 Å². The second kappa shape index (κ2) is 7.51. The molecule has 1 heterocycles. The molecular weight excluding hydrogens is 363 g/mol. The highest BCUT2D eigenvalue weighted by Crippen LogP contribution is 2.23. The monoisotopic (exact) mass is 386 g/mol. The second-order valence-corrected chi connectivity index (χ2v) is 7.86. The fourth-order valence-electron chi connectivity index (χ4n) is 2.61. The van der Waals surface area contributed by atoms with Crippen LogP contribution in [0, 0.1) is 11.7 Å². The van der Waals surface area contributed by atoms with Gasteiger partial charge in [-0.25, -0.2) is 9.18 Å². The molecule has 0 saturated carbocycles. The molecule has 23 heavy (non-hydrogen) atoms. The van der Waals surface area contributed by atoms with Crippen molar-refractivity contribution in [3.63, 3.8) is 0 Å². The Hall–Kier alpha value is -1.30. The lowest BCUT2D eigenvalue weighted by Crippen LogP contribution is -2.44. The molecule has 0 radical (unpaired) electrons. The van der Waals surface area contributed by atoms with Crippen molar-refractivity contribution in [2.75, 3.05) is 25.0 Å². The van der Waals surface area contributed by atoms with E-state index in [4.69, 9.17) is 4.74 Å². The first-order chi connectivity index (χ1) is 10.7. The number of rotatable bonds is 3. The highest BCUT2D eigenvalue weighted by molar-refractivity contribution is 9.10. The molecule has 6 heteroatoms. The zero-order valence-corrected chi connectivity index (χ0v) is 15.5. The number of amides is 1. The van der Waals surface area contributed by atoms with Crippen LogP contribution in [0.3, 0.4) is 0 Å². The summed E-state index contributed by atoms with van der Waals surface area (Å²) < 4.78 is 20.0. The number of benzene rings is 1. The van der Waals surface area contributed by atoms with Gasteiger partial charge in [0.15, 0.2) is 0 Å². The number of piperidine rings is 1. The summed E-state index contributed by atoms with van der Waals surface area (Å²) in [5.41, 5.74) is -0.00406. The van der Waals surface area contributed by atoms with Gasteiger partial charge < -0.3 is 15.0 Å². The van der Waals surface area contributed by atoms with E-state index in [1.54, 1.807) is 17.0 Å². The number of carbonyl (C=O) groups is 1. The van der Waals surface area contributed by atoms with E-state index in [9.17, 15) is 9.18 Å². The first-order valence-electron chi connectivity index (χ1n) is 7.91. The lowest BCUT2D eigenvalue weighted by Gasteiger charge is -2.34. The van der Waals surface area contributed by atoms with Gasteiger partial charge in [0, 0.05) is 24.1 Å². The molecule has 0 spiro atoms. The van der Waals surface area contributed by atoms with Crippen molar-refractivity contribution in [3.8, 4) is 0 Å². The van der Waals surface area contributed by atoms with Crippen LogP contribution in [0.1, 0.15) is 33.6 Å². The van der Waals surface area contributed by atoms with E-state index in [2.05, 4.69) is 21.2 Å². The van der Waals surface area contributed by atoms with Gasteiger partial charge in [0.05, 0.1) is 5.69 Å². The summed E-state index contributed by atoms with van der Waals surface area (Å²) in [4.78, 5) is 13.9. The Morgan fingerprint density at radius 2 is 2.22 bits per heavy atom. The smallest absolute Gasteiger partial charge is 0.410 e. The molecular formula is C17H24BrFN2O2. The number of ether oxygens (including phenoxy) is 1. The van der Waals surface area contributed by atoms with Gasteiger partial charge >= 0.3 is 6.09 Å². The van der Waals surface area contributed by atoms with E-state index in [-0.39, 0.29) is 17.8 Å². The summed E-state index contributed by atoms with van der Waals surface area (Å²) in [6, 6.07) is 4.83. The molecule has 4 nitrogen and oxygen atoms in total. The van der Waals surface area contributed by atoms with Crippen molar-refractivity contribution in [2.45, 2.75) is 39.2 Å². The number of halogens is 2. The Morgan fingerprint density at radius 1 is 1.48 bits per heavy atom. The molecule has 2 rings (SSSR count). The Labute approximate surface area is 145 Å². The van der Waals surface area contributed by atoms with Crippen molar-refractivity contribution in [1.82, 2.24) is 4.90 Å². The maximum Gasteiger partial charge on any atom is 0.410 e. The van der Waals surface area contributed by atoms with Gasteiger partial charge in [-0.3, -0.25) is 0 Å². The third-order valence-corrected chi connectivity index (χ3v) is 4.17. The average molecular weight is 387 g/mol. The average Bonchev–Trinajstić information content (AvgIpc) is 2.47. The summed E-state index contributed by atoms with van der Waals surface area (Å²) in [7, 11) is 0. The van der Waals surface area contributed by atoms with Crippen molar-refractivity contribution in [3.05, 3.63) is 28.5 Å². The quantitative estimate of drug-likeness (QED) is 0.821. The van der Waals surface area contributed by atoms with Crippen LogP contribution in [-0.4, -0.2) is 36.2 Å². The molecule has 1 unspecified atom stereocenters. The maximum atomic E-state index is 13.7. The zero-order chi connectivity index (χ0) is 17.0. The number of nitrogens with one attached hydrogen (secondary N) is 1. The molecule has 0 bridgehead atoms. The molecule has 1 aromatic carbocycles. The maximum absolute atomic E-state index is 13.7. The minimum atomic E-state index is -0.484. The minimum Gasteiger partial charge on any atom is -0.444 e. The third kappa shape index (κ3) is 5.68. The van der Waals surface area contributed by atoms with E-state index in [0.717, 1.165) is 23.9 Å². The van der Waals surface area contributed by atoms with Crippen molar-refractivity contribution in [1.29, 1.82) is 0 Å². The minimum absolute atomic E-state index is 0.268. The van der Waals surface area contributed by atoms with Crippen LogP contribution in [0.15, 0.2) is 22.7 Å².